The second-order valence-corrected chi connectivity index (χ2v) is 4.07. The van der Waals surface area contributed by atoms with Gasteiger partial charge in [0.05, 0.1) is 12.2 Å². The number of aromatic amines is 1. The van der Waals surface area contributed by atoms with Crippen LogP contribution >= 0.6 is 0 Å². The van der Waals surface area contributed by atoms with Crippen molar-refractivity contribution in [3.05, 3.63) is 30.5 Å². The molecule has 1 amide bonds. The lowest BCUT2D eigenvalue weighted by Gasteiger charge is -2.13. The summed E-state index contributed by atoms with van der Waals surface area (Å²) in [6.45, 7) is 0.866. The molecule has 1 saturated heterocycles. The molecule has 5 nitrogen and oxygen atoms in total. The summed E-state index contributed by atoms with van der Waals surface area (Å²) in [5.74, 6) is 0. The summed E-state index contributed by atoms with van der Waals surface area (Å²) < 4.78 is 5.15. The first kappa shape index (κ1) is 10.2. The zero-order chi connectivity index (χ0) is 11.8. The number of rotatable bonds is 2. The highest BCUT2D eigenvalue weighted by Gasteiger charge is 2.32. The van der Waals surface area contributed by atoms with Gasteiger partial charge in [-0.1, -0.05) is 6.07 Å². The van der Waals surface area contributed by atoms with Crippen molar-refractivity contribution >= 4 is 22.7 Å². The number of nitrogens with one attached hydrogen (secondary N) is 1. The first-order valence-corrected chi connectivity index (χ1v) is 5.54. The molecule has 88 valence electrons. The van der Waals surface area contributed by atoms with E-state index >= 15 is 0 Å². The van der Waals surface area contributed by atoms with Gasteiger partial charge < -0.3 is 15.5 Å². The third-order valence-corrected chi connectivity index (χ3v) is 3.00. The van der Waals surface area contributed by atoms with Crippen LogP contribution in [-0.2, 0) is 4.74 Å². The van der Waals surface area contributed by atoms with E-state index in [4.69, 9.17) is 10.5 Å². The zero-order valence-corrected chi connectivity index (χ0v) is 9.22. The largest absolute Gasteiger partial charge is 0.443 e. The Hall–Kier alpha value is -2.01. The second-order valence-electron chi connectivity index (χ2n) is 4.07. The zero-order valence-electron chi connectivity index (χ0n) is 9.22. The van der Waals surface area contributed by atoms with E-state index in [-0.39, 0.29) is 12.2 Å². The fraction of sp³-hybridized carbons (Fsp3) is 0.250. The fourth-order valence-corrected chi connectivity index (χ4v) is 2.15. The summed E-state index contributed by atoms with van der Waals surface area (Å²) in [5.41, 5.74) is 7.39. The molecule has 0 bridgehead atoms. The highest BCUT2D eigenvalue weighted by Crippen LogP contribution is 2.29. The minimum absolute atomic E-state index is 0.211. The molecule has 17 heavy (non-hydrogen) atoms. The Morgan fingerprint density at radius 3 is 3.12 bits per heavy atom. The molecule has 1 unspecified atom stereocenters. The molecular weight excluding hydrogens is 218 g/mol. The summed E-state index contributed by atoms with van der Waals surface area (Å²) in [7, 11) is 0. The lowest BCUT2D eigenvalue weighted by molar-refractivity contribution is 0.145. The smallest absolute Gasteiger partial charge is 0.414 e. The number of carbonyl (C=O) groups is 1. The van der Waals surface area contributed by atoms with Crippen LogP contribution in [0.25, 0.3) is 10.9 Å². The van der Waals surface area contributed by atoms with E-state index < -0.39 is 0 Å². The number of fused-ring (bicyclic) bond motifs is 1. The molecule has 2 heterocycles. The number of cyclic esters (lactones) is 1. The number of benzene rings is 1. The fourth-order valence-electron chi connectivity index (χ4n) is 2.15. The van der Waals surface area contributed by atoms with Gasteiger partial charge in [-0.05, 0) is 18.2 Å². The monoisotopic (exact) mass is 231 g/mol. The Labute approximate surface area is 98.2 Å². The van der Waals surface area contributed by atoms with Crippen LogP contribution in [0.3, 0.4) is 0 Å². The Kier molecular flexibility index (Phi) is 2.26. The molecule has 0 radical (unpaired) electrons. The van der Waals surface area contributed by atoms with Gasteiger partial charge in [0.1, 0.15) is 6.10 Å². The number of anilines is 1. The maximum Gasteiger partial charge on any atom is 0.414 e. The molecule has 1 atom stereocenters. The van der Waals surface area contributed by atoms with Crippen LogP contribution in [0.4, 0.5) is 10.5 Å². The molecule has 3 rings (SSSR count). The van der Waals surface area contributed by atoms with Gasteiger partial charge in [0.15, 0.2) is 0 Å². The van der Waals surface area contributed by atoms with Crippen LogP contribution in [0.2, 0.25) is 0 Å². The number of nitrogens with zero attached hydrogens (tertiary/aromatic N) is 1. The Bertz CT molecular complexity index is 564. The SMILES string of the molecule is NCC1CN(c2cccc3[nH]ccc23)C(=O)O1. The first-order chi connectivity index (χ1) is 8.29. The minimum Gasteiger partial charge on any atom is -0.443 e. The Morgan fingerprint density at radius 1 is 1.47 bits per heavy atom. The molecular formula is C12H13N3O2. The van der Waals surface area contributed by atoms with E-state index in [0.29, 0.717) is 13.1 Å². The number of ether oxygens (including phenoxy) is 1. The molecule has 1 aromatic carbocycles. The normalized spacial score (nSPS) is 19.9. The van der Waals surface area contributed by atoms with Gasteiger partial charge in [0.25, 0.3) is 0 Å². The molecule has 1 aromatic heterocycles. The Balaban J connectivity index is 2.04. The third-order valence-electron chi connectivity index (χ3n) is 3.00. The number of hydrogen-bond donors (Lipinski definition) is 2. The van der Waals surface area contributed by atoms with E-state index in [9.17, 15) is 4.79 Å². The predicted molar refractivity (Wildman–Crippen MR) is 65.0 cm³/mol. The van der Waals surface area contributed by atoms with Gasteiger partial charge in [-0.15, -0.1) is 0 Å². The molecule has 0 aliphatic carbocycles. The molecule has 1 aliphatic rings. The van der Waals surface area contributed by atoms with E-state index in [0.717, 1.165) is 16.6 Å². The van der Waals surface area contributed by atoms with Crippen LogP contribution in [-0.4, -0.2) is 30.3 Å². The first-order valence-electron chi connectivity index (χ1n) is 5.54. The van der Waals surface area contributed by atoms with Crippen molar-refractivity contribution in [1.82, 2.24) is 4.98 Å². The third kappa shape index (κ3) is 1.55. The van der Waals surface area contributed by atoms with Gasteiger partial charge in [0.2, 0.25) is 0 Å². The number of H-pyrrole nitrogens is 1. The van der Waals surface area contributed by atoms with E-state index in [1.54, 1.807) is 4.90 Å². The van der Waals surface area contributed by atoms with Crippen molar-refractivity contribution in [2.24, 2.45) is 5.73 Å². The van der Waals surface area contributed by atoms with Crippen molar-refractivity contribution in [3.63, 3.8) is 0 Å². The second kappa shape index (κ2) is 3.78. The van der Waals surface area contributed by atoms with Crippen molar-refractivity contribution in [1.29, 1.82) is 0 Å². The summed E-state index contributed by atoms with van der Waals surface area (Å²) in [6.07, 6.45) is 1.32. The van der Waals surface area contributed by atoms with Crippen molar-refractivity contribution < 1.29 is 9.53 Å². The maximum atomic E-state index is 11.7. The molecule has 1 fully saturated rings. The van der Waals surface area contributed by atoms with Crippen molar-refractivity contribution in [3.8, 4) is 0 Å². The Morgan fingerprint density at radius 2 is 2.35 bits per heavy atom. The summed E-state index contributed by atoms with van der Waals surface area (Å²) in [6, 6.07) is 7.75. The highest BCUT2D eigenvalue weighted by molar-refractivity contribution is 6.01. The summed E-state index contributed by atoms with van der Waals surface area (Å²) in [4.78, 5) is 16.5. The number of hydrogen-bond acceptors (Lipinski definition) is 3. The quantitative estimate of drug-likeness (QED) is 0.821. The maximum absolute atomic E-state index is 11.7. The van der Waals surface area contributed by atoms with E-state index in [2.05, 4.69) is 4.98 Å². The molecule has 1 aliphatic heterocycles. The number of amides is 1. The van der Waals surface area contributed by atoms with Gasteiger partial charge >= 0.3 is 6.09 Å². The van der Waals surface area contributed by atoms with Gasteiger partial charge in [-0.2, -0.15) is 0 Å². The van der Waals surface area contributed by atoms with Crippen LogP contribution in [0.15, 0.2) is 30.5 Å². The standard InChI is InChI=1S/C12H13N3O2/c13-6-8-7-15(12(16)17-8)11-3-1-2-10-9(11)4-5-14-10/h1-5,8,14H,6-7,13H2. The minimum atomic E-state index is -0.325. The van der Waals surface area contributed by atoms with Crippen molar-refractivity contribution in [2.45, 2.75) is 6.10 Å². The molecule has 2 aromatic rings. The number of carbonyl (C=O) groups excluding carboxylic acids is 1. The number of aromatic nitrogens is 1. The lowest BCUT2D eigenvalue weighted by atomic mass is 10.2. The average molecular weight is 231 g/mol. The van der Waals surface area contributed by atoms with Gasteiger partial charge in [-0.25, -0.2) is 4.79 Å². The van der Waals surface area contributed by atoms with E-state index in [1.807, 2.05) is 30.5 Å². The van der Waals surface area contributed by atoms with Crippen LogP contribution in [0.5, 0.6) is 0 Å². The van der Waals surface area contributed by atoms with E-state index in [1.165, 1.54) is 0 Å². The van der Waals surface area contributed by atoms with Gasteiger partial charge in [-0.3, -0.25) is 4.90 Å². The summed E-state index contributed by atoms with van der Waals surface area (Å²) >= 11 is 0. The predicted octanol–water partition coefficient (Wildman–Crippen LogP) is 1.45. The lowest BCUT2D eigenvalue weighted by Crippen LogP contribution is -2.27. The summed E-state index contributed by atoms with van der Waals surface area (Å²) in [5, 5.41) is 1.02. The highest BCUT2D eigenvalue weighted by atomic mass is 16.6. The molecule has 5 heteroatoms. The molecule has 0 spiro atoms. The van der Waals surface area contributed by atoms with Crippen LogP contribution in [0, 0.1) is 0 Å². The molecule has 3 N–H and O–H groups in total. The van der Waals surface area contributed by atoms with Crippen LogP contribution in [0.1, 0.15) is 0 Å². The topological polar surface area (TPSA) is 71.3 Å². The van der Waals surface area contributed by atoms with Crippen LogP contribution < -0.4 is 10.6 Å². The van der Waals surface area contributed by atoms with Gasteiger partial charge in [0, 0.05) is 23.6 Å². The number of nitrogens with two attached hydrogens (primary N) is 1. The molecule has 0 saturated carbocycles. The average Bonchev–Trinajstić information content (AvgIpc) is 2.94. The van der Waals surface area contributed by atoms with Crippen molar-refractivity contribution in [2.75, 3.05) is 18.0 Å².